The summed E-state index contributed by atoms with van der Waals surface area (Å²) < 4.78 is 29.6. The number of nitrogens with one attached hydrogen (secondary N) is 1. The van der Waals surface area contributed by atoms with Crippen molar-refractivity contribution in [3.63, 3.8) is 0 Å². The Morgan fingerprint density at radius 3 is 1.74 bits per heavy atom. The highest BCUT2D eigenvalue weighted by Gasteiger charge is 2.24. The number of likely N-dealkylation sites (tertiary alicyclic amines) is 2. The number of amides is 1. The molecule has 2 fully saturated rings. The lowest BCUT2D eigenvalue weighted by Crippen LogP contribution is -2.35. The van der Waals surface area contributed by atoms with Crippen LogP contribution < -0.4 is 20.5 Å². The summed E-state index contributed by atoms with van der Waals surface area (Å²) in [6.07, 6.45) is 7.50. The molecule has 0 saturated carbocycles. The van der Waals surface area contributed by atoms with Crippen LogP contribution in [0.1, 0.15) is 41.6 Å². The van der Waals surface area contributed by atoms with Crippen molar-refractivity contribution in [1.82, 2.24) is 29.4 Å². The van der Waals surface area contributed by atoms with Crippen LogP contribution in [0.25, 0.3) is 22.5 Å². The monoisotopic (exact) mass is 776 g/mol. The molecule has 2 aliphatic rings. The molecule has 1 amide bonds. The van der Waals surface area contributed by atoms with E-state index >= 15 is 0 Å². The molecule has 7 rings (SSSR count). The molecule has 286 valence electrons. The van der Waals surface area contributed by atoms with Gasteiger partial charge in [0.05, 0.1) is 33.8 Å². The smallest absolute Gasteiger partial charge is 0.255 e. The highest BCUT2D eigenvalue weighted by atomic mass is 35.5. The van der Waals surface area contributed by atoms with Gasteiger partial charge in [0.15, 0.2) is 0 Å². The molecule has 3 N–H and O–H groups in total. The van der Waals surface area contributed by atoms with E-state index in [1.54, 1.807) is 34.7 Å². The van der Waals surface area contributed by atoms with Crippen molar-refractivity contribution < 1.29 is 18.7 Å². The number of nitrogens with two attached hydrogens (primary N) is 1. The van der Waals surface area contributed by atoms with Crippen LogP contribution in [0.5, 0.6) is 11.5 Å². The number of hydrogen-bond acceptors (Lipinski definition) is 8. The number of nitrogen functional groups attached to an aromatic ring is 1. The Morgan fingerprint density at radius 1 is 0.759 bits per heavy atom. The summed E-state index contributed by atoms with van der Waals surface area (Å²) in [4.78, 5) is 17.3. The maximum absolute atomic E-state index is 13.6. The molecule has 54 heavy (non-hydrogen) atoms. The van der Waals surface area contributed by atoms with Gasteiger partial charge in [0.2, 0.25) is 0 Å². The van der Waals surface area contributed by atoms with Gasteiger partial charge in [0.1, 0.15) is 29.5 Å². The van der Waals surface area contributed by atoms with Gasteiger partial charge in [-0.25, -0.2) is 4.39 Å². The zero-order valence-corrected chi connectivity index (χ0v) is 32.8. The van der Waals surface area contributed by atoms with E-state index < -0.39 is 0 Å². The molecule has 11 nitrogen and oxygen atoms in total. The van der Waals surface area contributed by atoms with Crippen molar-refractivity contribution in [3.8, 4) is 34.0 Å². The Bertz CT molecular complexity index is 2050. The van der Waals surface area contributed by atoms with Crippen LogP contribution in [-0.4, -0.2) is 87.8 Å². The first-order valence-corrected chi connectivity index (χ1v) is 18.8. The highest BCUT2D eigenvalue weighted by Crippen LogP contribution is 2.39. The van der Waals surface area contributed by atoms with E-state index in [9.17, 15) is 9.18 Å². The van der Waals surface area contributed by atoms with Gasteiger partial charge in [0.25, 0.3) is 5.91 Å². The fourth-order valence-corrected chi connectivity index (χ4v) is 7.25. The molecule has 0 spiro atoms. The number of aromatic nitrogens is 4. The molecule has 14 heteroatoms. The third-order valence-electron chi connectivity index (χ3n) is 9.88. The summed E-state index contributed by atoms with van der Waals surface area (Å²) in [5, 5.41) is 12.4. The van der Waals surface area contributed by atoms with Crippen LogP contribution >= 0.6 is 23.2 Å². The van der Waals surface area contributed by atoms with Crippen molar-refractivity contribution in [2.24, 2.45) is 14.1 Å². The number of nitrogens with zero attached hydrogens (tertiary/aromatic N) is 6. The van der Waals surface area contributed by atoms with Gasteiger partial charge in [-0.2, -0.15) is 10.2 Å². The predicted octanol–water partition coefficient (Wildman–Crippen LogP) is 7.71. The van der Waals surface area contributed by atoms with Gasteiger partial charge in [0, 0.05) is 68.3 Å². The number of piperidine rings is 2. The highest BCUT2D eigenvalue weighted by molar-refractivity contribution is 6.33. The van der Waals surface area contributed by atoms with Crippen molar-refractivity contribution in [1.29, 1.82) is 0 Å². The summed E-state index contributed by atoms with van der Waals surface area (Å²) in [5.41, 5.74) is 11.2. The van der Waals surface area contributed by atoms with Gasteiger partial charge in [-0.3, -0.25) is 14.2 Å². The normalized spacial score (nSPS) is 15.8. The summed E-state index contributed by atoms with van der Waals surface area (Å²) in [6, 6.07) is 15.5. The molecule has 2 saturated heterocycles. The first-order chi connectivity index (χ1) is 25.9. The van der Waals surface area contributed by atoms with E-state index in [4.69, 9.17) is 38.4 Å². The van der Waals surface area contributed by atoms with E-state index in [1.165, 1.54) is 18.2 Å². The van der Waals surface area contributed by atoms with Gasteiger partial charge in [-0.05, 0) is 107 Å². The Morgan fingerprint density at radius 2 is 1.26 bits per heavy atom. The van der Waals surface area contributed by atoms with E-state index in [1.807, 2.05) is 44.4 Å². The fraction of sp³-hybridized carbons (Fsp3) is 0.375. The van der Waals surface area contributed by atoms with Gasteiger partial charge >= 0.3 is 0 Å². The van der Waals surface area contributed by atoms with Crippen LogP contribution in [0.15, 0.2) is 67.0 Å². The average molecular weight is 778 g/mol. The van der Waals surface area contributed by atoms with Gasteiger partial charge in [-0.15, -0.1) is 0 Å². The quantitative estimate of drug-likeness (QED) is 0.154. The first kappa shape index (κ1) is 39.1. The molecule has 4 heterocycles. The minimum atomic E-state index is -0.343. The molecule has 3 aromatic carbocycles. The minimum absolute atomic E-state index is 0.111. The second-order valence-corrected chi connectivity index (χ2v) is 14.9. The van der Waals surface area contributed by atoms with Crippen LogP contribution in [0.3, 0.4) is 0 Å². The van der Waals surface area contributed by atoms with Gasteiger partial charge in [-0.1, -0.05) is 23.2 Å². The number of carbonyl (C=O) groups is 1. The Hall–Kier alpha value is -4.62. The molecule has 0 bridgehead atoms. The maximum atomic E-state index is 13.6. The largest absolute Gasteiger partial charge is 0.490 e. The lowest BCUT2D eigenvalue weighted by atomic mass is 10.1. The number of anilines is 2. The number of aryl methyl sites for hydroxylation is 3. The zero-order valence-electron chi connectivity index (χ0n) is 31.3. The predicted molar refractivity (Wildman–Crippen MR) is 213 cm³/mol. The van der Waals surface area contributed by atoms with Crippen molar-refractivity contribution in [3.05, 3.63) is 94.0 Å². The molecular weight excluding hydrogens is 730 g/mol. The van der Waals surface area contributed by atoms with Crippen LogP contribution in [0.4, 0.5) is 15.8 Å². The van der Waals surface area contributed by atoms with Gasteiger partial charge < -0.3 is 30.3 Å². The molecule has 5 aromatic rings. The number of ether oxygens (including phenoxy) is 2. The SMILES string of the molecule is CN1CCC(Oc2ccc(N)cc2-c2c(Cl)cnn2C)CC1.Cc1cc(C(=O)Nc2ccc(OC3CCN(C)CC3)c(-c3c(Cl)cnn3C)c2)ccc1F. The third kappa shape index (κ3) is 9.35. The third-order valence-corrected chi connectivity index (χ3v) is 10.4. The number of rotatable bonds is 8. The molecule has 2 aliphatic heterocycles. The number of hydrogen-bond donors (Lipinski definition) is 2. The molecule has 2 aromatic heterocycles. The molecule has 0 atom stereocenters. The summed E-state index contributed by atoms with van der Waals surface area (Å²) in [7, 11) is 7.92. The Kier molecular flexibility index (Phi) is 12.5. The lowest BCUT2D eigenvalue weighted by molar-refractivity contribution is 0.102. The number of halogens is 3. The van der Waals surface area contributed by atoms with Crippen molar-refractivity contribution in [2.45, 2.75) is 44.8 Å². The Labute approximate surface area is 325 Å². The standard InChI is InChI=1S/C24H26ClFN4O2.C16H21ClN4O/c1-15-12-16(4-6-21(15)26)24(31)28-17-5-7-22(32-18-8-10-29(2)11-9-18)19(13-17)23-20(25)14-27-30(23)3;1-20-7-5-12(6-8-20)22-15-4-3-11(18)9-13(15)16-14(17)10-19-21(16)2/h4-7,12-14,18H,8-11H2,1-3H3,(H,28,31);3-4,9-10,12H,5-8,18H2,1-2H3. The van der Waals surface area contributed by atoms with Crippen molar-refractivity contribution in [2.75, 3.05) is 51.3 Å². The second kappa shape index (κ2) is 17.2. The average Bonchev–Trinajstić information content (AvgIpc) is 3.67. The zero-order chi connectivity index (χ0) is 38.5. The van der Waals surface area contributed by atoms with E-state index in [0.29, 0.717) is 44.0 Å². The second-order valence-electron chi connectivity index (χ2n) is 14.1. The fourth-order valence-electron chi connectivity index (χ4n) is 6.71. The molecule has 0 unspecified atom stereocenters. The molecule has 0 radical (unpaired) electrons. The summed E-state index contributed by atoms with van der Waals surface area (Å²) in [6.45, 7) is 5.71. The van der Waals surface area contributed by atoms with E-state index in [-0.39, 0.29) is 23.9 Å². The summed E-state index contributed by atoms with van der Waals surface area (Å²) >= 11 is 12.7. The topological polar surface area (TPSA) is 116 Å². The first-order valence-electron chi connectivity index (χ1n) is 18.0. The van der Waals surface area contributed by atoms with Crippen LogP contribution in [0, 0.1) is 12.7 Å². The lowest BCUT2D eigenvalue weighted by Gasteiger charge is -2.30. The number of benzene rings is 3. The van der Waals surface area contributed by atoms with Crippen LogP contribution in [-0.2, 0) is 14.1 Å². The molecular formula is C40H47Cl2FN8O3. The van der Waals surface area contributed by atoms with E-state index in [2.05, 4.69) is 39.4 Å². The number of carbonyl (C=O) groups excluding carboxylic acids is 1. The Balaban J connectivity index is 0.000000197. The summed E-state index contributed by atoms with van der Waals surface area (Å²) in [5.74, 6) is 0.846. The van der Waals surface area contributed by atoms with E-state index in [0.717, 1.165) is 74.4 Å². The maximum Gasteiger partial charge on any atom is 0.255 e. The van der Waals surface area contributed by atoms with Crippen LogP contribution in [0.2, 0.25) is 10.0 Å². The minimum Gasteiger partial charge on any atom is -0.490 e. The van der Waals surface area contributed by atoms with Crippen molar-refractivity contribution >= 4 is 40.5 Å². The molecule has 0 aliphatic carbocycles.